The number of carbonyl (C=O) groups excluding carboxylic acids is 3. The molecule has 228 valence electrons. The summed E-state index contributed by atoms with van der Waals surface area (Å²) >= 11 is 0. The second-order valence-corrected chi connectivity index (χ2v) is 9.23. The maximum atomic E-state index is 13.4. The van der Waals surface area contributed by atoms with Crippen molar-refractivity contribution < 1.29 is 41.8 Å². The molecule has 11 nitrogen and oxygen atoms in total. The highest BCUT2D eigenvalue weighted by molar-refractivity contribution is 5.97. The number of hydrogen-bond donors (Lipinski definition) is 5. The Balaban J connectivity index is 1.81. The Hall–Kier alpha value is -5.27. The van der Waals surface area contributed by atoms with Gasteiger partial charge in [-0.2, -0.15) is 13.2 Å². The zero-order chi connectivity index (χ0) is 31.7. The Morgan fingerprint density at radius 2 is 1.53 bits per heavy atom. The van der Waals surface area contributed by atoms with Crippen molar-refractivity contribution in [3.63, 3.8) is 0 Å². The maximum absolute atomic E-state index is 13.4. The second kappa shape index (κ2) is 14.1. The Labute approximate surface area is 245 Å². The number of hydrazine groups is 1. The molecule has 2 amide bonds. The molecule has 3 rings (SSSR count). The Bertz CT molecular complexity index is 1460. The Morgan fingerprint density at radius 1 is 0.907 bits per heavy atom. The van der Waals surface area contributed by atoms with Crippen LogP contribution in [0.1, 0.15) is 48.3 Å². The van der Waals surface area contributed by atoms with Crippen molar-refractivity contribution in [1.29, 1.82) is 5.41 Å². The molecule has 0 aromatic heterocycles. The van der Waals surface area contributed by atoms with Crippen molar-refractivity contribution in [2.24, 2.45) is 5.73 Å². The first-order chi connectivity index (χ1) is 20.3. The predicted molar refractivity (Wildman–Crippen MR) is 151 cm³/mol. The van der Waals surface area contributed by atoms with E-state index in [1.807, 2.05) is 13.8 Å². The number of amides is 2. The normalized spacial score (nSPS) is 11.7. The van der Waals surface area contributed by atoms with E-state index in [9.17, 15) is 27.6 Å². The van der Waals surface area contributed by atoms with Crippen molar-refractivity contribution in [2.75, 3.05) is 11.9 Å². The number of rotatable bonds is 11. The first-order valence-corrected chi connectivity index (χ1v) is 12.9. The van der Waals surface area contributed by atoms with Gasteiger partial charge in [-0.15, -0.1) is 0 Å². The average molecular weight is 602 g/mol. The maximum Gasteiger partial charge on any atom is 0.491 e. The third-order valence-corrected chi connectivity index (χ3v) is 5.59. The molecule has 0 spiro atoms. The number of carbonyl (C=O) groups is 3. The van der Waals surface area contributed by atoms with E-state index in [1.54, 1.807) is 49.4 Å². The fraction of sp³-hybridized carbons (Fsp3) is 0.241. The molecule has 14 heteroatoms. The van der Waals surface area contributed by atoms with Crippen LogP contribution in [0, 0.1) is 5.41 Å². The van der Waals surface area contributed by atoms with Crippen LogP contribution in [-0.4, -0.2) is 42.5 Å². The van der Waals surface area contributed by atoms with Crippen molar-refractivity contribution in [3.8, 4) is 17.2 Å². The average Bonchev–Trinajstić information content (AvgIpc) is 2.95. The minimum atomic E-state index is -5.18. The first kappa shape index (κ1) is 32.2. The minimum Gasteiger partial charge on any atom is -0.490 e. The van der Waals surface area contributed by atoms with E-state index in [0.717, 1.165) is 24.3 Å². The number of amidine groups is 1. The van der Waals surface area contributed by atoms with Crippen LogP contribution in [0.5, 0.6) is 17.2 Å². The van der Waals surface area contributed by atoms with E-state index in [4.69, 9.17) is 20.6 Å². The Morgan fingerprint density at radius 3 is 2.09 bits per heavy atom. The van der Waals surface area contributed by atoms with Gasteiger partial charge < -0.3 is 25.3 Å². The van der Waals surface area contributed by atoms with E-state index in [1.165, 1.54) is 0 Å². The van der Waals surface area contributed by atoms with Crippen LogP contribution in [0.4, 0.5) is 18.9 Å². The number of hydrogen-bond acceptors (Lipinski definition) is 8. The summed E-state index contributed by atoms with van der Waals surface area (Å²) < 4.78 is 53.0. The van der Waals surface area contributed by atoms with Gasteiger partial charge in [0.2, 0.25) is 0 Å². The first-order valence-electron chi connectivity index (χ1n) is 12.9. The standard InChI is InChI=1S/C29H30F3N5O6/c1-4-41-23-15-19(9-14-22(23)42-16(2)3)24(35-20-10-5-17(6-11-20)25(33)34)27(39)37-36-26(38)18-7-12-21(13-8-18)43-28(40)29(30,31)32/h5-16,24,35H,4H2,1-3H3,(H3,33,34)(H,36,38)(H,37,39). The van der Waals surface area contributed by atoms with E-state index in [2.05, 4.69) is 20.9 Å². The lowest BCUT2D eigenvalue weighted by Crippen LogP contribution is -2.45. The summed E-state index contributed by atoms with van der Waals surface area (Å²) in [6.07, 6.45) is -5.31. The van der Waals surface area contributed by atoms with Crippen LogP contribution in [0.2, 0.25) is 0 Å². The van der Waals surface area contributed by atoms with Crippen molar-refractivity contribution >= 4 is 29.3 Å². The number of benzene rings is 3. The van der Waals surface area contributed by atoms with E-state index < -0.39 is 35.8 Å². The SMILES string of the molecule is CCOc1cc(C(Nc2ccc(C(=N)N)cc2)C(=O)NNC(=O)c2ccc(OC(=O)C(F)(F)F)cc2)ccc1OC(C)C. The summed E-state index contributed by atoms with van der Waals surface area (Å²) in [7, 11) is 0. The summed E-state index contributed by atoms with van der Waals surface area (Å²) in [5.41, 5.74) is 11.5. The lowest BCUT2D eigenvalue weighted by molar-refractivity contribution is -0.189. The van der Waals surface area contributed by atoms with Gasteiger partial charge in [0, 0.05) is 16.8 Å². The molecule has 0 aliphatic heterocycles. The smallest absolute Gasteiger partial charge is 0.490 e. The molecular weight excluding hydrogens is 571 g/mol. The van der Waals surface area contributed by atoms with Crippen LogP contribution >= 0.6 is 0 Å². The van der Waals surface area contributed by atoms with Crippen molar-refractivity contribution in [2.45, 2.75) is 39.1 Å². The number of esters is 1. The van der Waals surface area contributed by atoms with Crippen LogP contribution < -0.4 is 36.1 Å². The van der Waals surface area contributed by atoms with E-state index in [0.29, 0.717) is 34.9 Å². The number of halogens is 3. The largest absolute Gasteiger partial charge is 0.491 e. The molecule has 0 saturated carbocycles. The van der Waals surface area contributed by atoms with Crippen molar-refractivity contribution in [3.05, 3.63) is 83.4 Å². The van der Waals surface area contributed by atoms with Crippen molar-refractivity contribution in [1.82, 2.24) is 10.9 Å². The lowest BCUT2D eigenvalue weighted by atomic mass is 10.0. The number of ether oxygens (including phenoxy) is 3. The third kappa shape index (κ3) is 9.11. The molecular formula is C29H30F3N5O6. The molecule has 3 aromatic carbocycles. The summed E-state index contributed by atoms with van der Waals surface area (Å²) in [5.74, 6) is -3.54. The second-order valence-electron chi connectivity index (χ2n) is 9.23. The predicted octanol–water partition coefficient (Wildman–Crippen LogP) is 4.24. The monoisotopic (exact) mass is 601 g/mol. The van der Waals surface area contributed by atoms with Gasteiger partial charge in [0.15, 0.2) is 11.5 Å². The molecule has 0 bridgehead atoms. The zero-order valence-corrected chi connectivity index (χ0v) is 23.4. The van der Waals surface area contributed by atoms with Gasteiger partial charge in [-0.25, -0.2) is 4.79 Å². The quantitative estimate of drug-likeness (QED) is 0.0716. The highest BCUT2D eigenvalue weighted by Gasteiger charge is 2.41. The van der Waals surface area contributed by atoms with E-state index in [-0.39, 0.29) is 17.5 Å². The number of anilines is 1. The molecule has 0 aliphatic rings. The van der Waals surface area contributed by atoms with Gasteiger partial charge in [0.25, 0.3) is 11.8 Å². The third-order valence-electron chi connectivity index (χ3n) is 5.59. The van der Waals surface area contributed by atoms with Gasteiger partial charge in [0.05, 0.1) is 12.7 Å². The fourth-order valence-electron chi connectivity index (χ4n) is 3.64. The summed E-state index contributed by atoms with van der Waals surface area (Å²) in [5, 5.41) is 10.7. The number of alkyl halides is 3. The topological polar surface area (TPSA) is 165 Å². The molecule has 0 heterocycles. The number of nitrogens with one attached hydrogen (secondary N) is 4. The van der Waals surface area contributed by atoms with Crippen LogP contribution in [0.3, 0.4) is 0 Å². The highest BCUT2D eigenvalue weighted by Crippen LogP contribution is 2.33. The van der Waals surface area contributed by atoms with Gasteiger partial charge in [0.1, 0.15) is 17.6 Å². The van der Waals surface area contributed by atoms with Crippen LogP contribution in [0.25, 0.3) is 0 Å². The van der Waals surface area contributed by atoms with Crippen LogP contribution in [0.15, 0.2) is 66.7 Å². The molecule has 0 saturated heterocycles. The van der Waals surface area contributed by atoms with Gasteiger partial charge in [-0.05, 0) is 87.0 Å². The van der Waals surface area contributed by atoms with E-state index >= 15 is 0 Å². The molecule has 3 aromatic rings. The Kier molecular flexibility index (Phi) is 10.6. The fourth-order valence-corrected chi connectivity index (χ4v) is 3.64. The number of nitrogen functional groups attached to an aromatic ring is 1. The zero-order valence-electron chi connectivity index (χ0n) is 23.4. The van der Waals surface area contributed by atoms with Gasteiger partial charge in [-0.3, -0.25) is 25.8 Å². The summed E-state index contributed by atoms with van der Waals surface area (Å²) in [6, 6.07) is 14.6. The van der Waals surface area contributed by atoms with Crippen LogP contribution in [-0.2, 0) is 9.59 Å². The van der Waals surface area contributed by atoms with Gasteiger partial charge in [-0.1, -0.05) is 6.07 Å². The molecule has 43 heavy (non-hydrogen) atoms. The molecule has 0 radical (unpaired) electrons. The molecule has 1 unspecified atom stereocenters. The minimum absolute atomic E-state index is 0.0368. The number of nitrogens with two attached hydrogens (primary N) is 1. The molecule has 1 atom stereocenters. The molecule has 0 fully saturated rings. The summed E-state index contributed by atoms with van der Waals surface area (Å²) in [6.45, 7) is 5.85. The molecule has 6 N–H and O–H groups in total. The molecule has 0 aliphatic carbocycles. The summed E-state index contributed by atoms with van der Waals surface area (Å²) in [4.78, 5) is 37.0. The van der Waals surface area contributed by atoms with Gasteiger partial charge >= 0.3 is 12.1 Å². The highest BCUT2D eigenvalue weighted by atomic mass is 19.4. The lowest BCUT2D eigenvalue weighted by Gasteiger charge is -2.22.